The van der Waals surface area contributed by atoms with Gasteiger partial charge in [-0.15, -0.1) is 0 Å². The molecule has 0 spiro atoms. The SMILES string of the molecule is [CH]C1CC2CCC1C2. The van der Waals surface area contributed by atoms with Crippen molar-refractivity contribution in [2.24, 2.45) is 17.8 Å². The van der Waals surface area contributed by atoms with Crippen LogP contribution in [0.15, 0.2) is 0 Å². The van der Waals surface area contributed by atoms with Crippen molar-refractivity contribution in [3.05, 3.63) is 6.92 Å². The maximum Gasteiger partial charge on any atom is -0.0315 e. The van der Waals surface area contributed by atoms with Crippen LogP contribution in [-0.4, -0.2) is 0 Å². The van der Waals surface area contributed by atoms with Gasteiger partial charge >= 0.3 is 0 Å². The molecule has 2 fully saturated rings. The van der Waals surface area contributed by atoms with E-state index in [-0.39, 0.29) is 0 Å². The molecule has 2 bridgehead atoms. The first-order chi connectivity index (χ1) is 3.86. The van der Waals surface area contributed by atoms with E-state index in [1.54, 1.807) is 0 Å². The Balaban J connectivity index is 2.11. The molecule has 8 heavy (non-hydrogen) atoms. The fourth-order valence-electron chi connectivity index (χ4n) is 2.29. The van der Waals surface area contributed by atoms with Crippen molar-refractivity contribution >= 4 is 0 Å². The van der Waals surface area contributed by atoms with E-state index in [2.05, 4.69) is 0 Å². The molecule has 0 saturated heterocycles. The first kappa shape index (κ1) is 4.84. The second kappa shape index (κ2) is 1.49. The maximum atomic E-state index is 5.82. The Labute approximate surface area is 51.3 Å². The van der Waals surface area contributed by atoms with Crippen LogP contribution < -0.4 is 0 Å². The van der Waals surface area contributed by atoms with Gasteiger partial charge in [0.05, 0.1) is 0 Å². The van der Waals surface area contributed by atoms with E-state index in [9.17, 15) is 0 Å². The lowest BCUT2D eigenvalue weighted by atomic mass is 9.91. The van der Waals surface area contributed by atoms with Crippen molar-refractivity contribution in [2.75, 3.05) is 0 Å². The number of hydrogen-bond donors (Lipinski definition) is 0. The average Bonchev–Trinajstić information content (AvgIpc) is 2.23. The minimum Gasteiger partial charge on any atom is -0.0502 e. The largest absolute Gasteiger partial charge is 0.0502 e. The summed E-state index contributed by atoms with van der Waals surface area (Å²) < 4.78 is 0. The molecule has 0 amide bonds. The van der Waals surface area contributed by atoms with Crippen molar-refractivity contribution in [1.29, 1.82) is 0 Å². The molecule has 0 aliphatic heterocycles. The Morgan fingerprint density at radius 1 is 1.12 bits per heavy atom. The van der Waals surface area contributed by atoms with Gasteiger partial charge in [0.25, 0.3) is 0 Å². The van der Waals surface area contributed by atoms with Crippen LogP contribution in [0.4, 0.5) is 0 Å². The molecule has 0 heterocycles. The molecular formula is C8H12. The van der Waals surface area contributed by atoms with Gasteiger partial charge in [-0.05, 0) is 43.9 Å². The third-order valence-corrected chi connectivity index (χ3v) is 2.79. The van der Waals surface area contributed by atoms with Crippen molar-refractivity contribution in [1.82, 2.24) is 0 Å². The first-order valence-corrected chi connectivity index (χ1v) is 3.62. The summed E-state index contributed by atoms with van der Waals surface area (Å²) in [5.74, 6) is 2.52. The molecule has 0 aromatic carbocycles. The highest BCUT2D eigenvalue weighted by Crippen LogP contribution is 2.47. The van der Waals surface area contributed by atoms with E-state index in [0.29, 0.717) is 5.92 Å². The zero-order valence-electron chi connectivity index (χ0n) is 5.14. The third kappa shape index (κ3) is 0.519. The van der Waals surface area contributed by atoms with Gasteiger partial charge in [0, 0.05) is 0 Å². The van der Waals surface area contributed by atoms with Crippen LogP contribution in [0.25, 0.3) is 0 Å². The minimum absolute atomic E-state index is 0.578. The van der Waals surface area contributed by atoms with E-state index in [1.807, 2.05) is 0 Å². The Bertz CT molecular complexity index is 94.2. The molecule has 2 saturated carbocycles. The highest BCUT2D eigenvalue weighted by Gasteiger charge is 2.36. The lowest BCUT2D eigenvalue weighted by Gasteiger charge is -2.15. The van der Waals surface area contributed by atoms with Gasteiger partial charge in [0.2, 0.25) is 0 Å². The number of rotatable bonds is 0. The summed E-state index contributed by atoms with van der Waals surface area (Å²) in [4.78, 5) is 0. The van der Waals surface area contributed by atoms with Crippen LogP contribution in [0, 0.1) is 24.7 Å². The zero-order chi connectivity index (χ0) is 5.56. The van der Waals surface area contributed by atoms with Gasteiger partial charge in [0.1, 0.15) is 0 Å². The Morgan fingerprint density at radius 2 is 2.00 bits per heavy atom. The smallest absolute Gasteiger partial charge is 0.0315 e. The Hall–Kier alpha value is 0. The predicted octanol–water partition coefficient (Wildman–Crippen LogP) is 2.13. The highest BCUT2D eigenvalue weighted by atomic mass is 14.4. The Kier molecular flexibility index (Phi) is 0.902. The normalized spacial score (nSPS) is 52.9. The molecule has 0 N–H and O–H groups in total. The van der Waals surface area contributed by atoms with E-state index >= 15 is 0 Å². The molecule has 2 aliphatic rings. The van der Waals surface area contributed by atoms with Crippen molar-refractivity contribution in [2.45, 2.75) is 25.7 Å². The predicted molar refractivity (Wildman–Crippen MR) is 33.2 cm³/mol. The zero-order valence-corrected chi connectivity index (χ0v) is 5.14. The molecule has 2 aliphatic carbocycles. The van der Waals surface area contributed by atoms with Crippen LogP contribution in [-0.2, 0) is 0 Å². The molecule has 2 rings (SSSR count). The molecule has 0 heteroatoms. The summed E-state index contributed by atoms with van der Waals surface area (Å²) in [7, 11) is 0. The summed E-state index contributed by atoms with van der Waals surface area (Å²) >= 11 is 0. The molecule has 3 atom stereocenters. The lowest BCUT2D eigenvalue weighted by Crippen LogP contribution is -2.05. The molecular weight excluding hydrogens is 96.1 g/mol. The van der Waals surface area contributed by atoms with E-state index in [1.165, 1.54) is 25.7 Å². The van der Waals surface area contributed by atoms with Gasteiger partial charge in [-0.3, -0.25) is 0 Å². The standard InChI is InChI=1S/C8H12/c1-6-4-7-2-3-8(6)5-7/h1,6-8H,2-5H2. The second-order valence-corrected chi connectivity index (χ2v) is 3.34. The fraction of sp³-hybridized carbons (Fsp3) is 0.875. The third-order valence-electron chi connectivity index (χ3n) is 2.79. The van der Waals surface area contributed by atoms with Crippen LogP contribution in [0.3, 0.4) is 0 Å². The van der Waals surface area contributed by atoms with Crippen molar-refractivity contribution in [3.63, 3.8) is 0 Å². The fourth-order valence-corrected chi connectivity index (χ4v) is 2.29. The van der Waals surface area contributed by atoms with Gasteiger partial charge in [-0.25, -0.2) is 0 Å². The lowest BCUT2D eigenvalue weighted by molar-refractivity contribution is 0.392. The second-order valence-electron chi connectivity index (χ2n) is 3.34. The maximum absolute atomic E-state index is 5.82. The number of fused-ring (bicyclic) bond motifs is 2. The van der Waals surface area contributed by atoms with Crippen molar-refractivity contribution in [3.8, 4) is 0 Å². The van der Waals surface area contributed by atoms with Crippen LogP contribution in [0.5, 0.6) is 0 Å². The van der Waals surface area contributed by atoms with Gasteiger partial charge in [-0.1, -0.05) is 6.42 Å². The van der Waals surface area contributed by atoms with Crippen LogP contribution in [0.1, 0.15) is 25.7 Å². The van der Waals surface area contributed by atoms with E-state index in [4.69, 9.17) is 6.92 Å². The molecule has 44 valence electrons. The molecule has 2 radical (unpaired) electrons. The summed E-state index contributed by atoms with van der Waals surface area (Å²) in [6.07, 6.45) is 5.66. The van der Waals surface area contributed by atoms with E-state index in [0.717, 1.165) is 11.8 Å². The molecule has 0 aromatic heterocycles. The minimum atomic E-state index is 0.578. The van der Waals surface area contributed by atoms with E-state index < -0.39 is 0 Å². The highest BCUT2D eigenvalue weighted by molar-refractivity contribution is 4.90. The van der Waals surface area contributed by atoms with Crippen LogP contribution >= 0.6 is 0 Å². The summed E-state index contributed by atoms with van der Waals surface area (Å²) in [5.41, 5.74) is 0. The van der Waals surface area contributed by atoms with Gasteiger partial charge < -0.3 is 0 Å². The monoisotopic (exact) mass is 108 g/mol. The summed E-state index contributed by atoms with van der Waals surface area (Å²) in [5, 5.41) is 0. The van der Waals surface area contributed by atoms with Gasteiger partial charge in [0.15, 0.2) is 0 Å². The summed E-state index contributed by atoms with van der Waals surface area (Å²) in [6, 6.07) is 0. The molecule has 3 unspecified atom stereocenters. The van der Waals surface area contributed by atoms with Crippen LogP contribution in [0.2, 0.25) is 0 Å². The number of hydrogen-bond acceptors (Lipinski definition) is 0. The molecule has 0 aromatic rings. The molecule has 0 nitrogen and oxygen atoms in total. The first-order valence-electron chi connectivity index (χ1n) is 3.62. The topological polar surface area (TPSA) is 0 Å². The summed E-state index contributed by atoms with van der Waals surface area (Å²) in [6.45, 7) is 5.82. The van der Waals surface area contributed by atoms with Crippen molar-refractivity contribution < 1.29 is 0 Å². The Morgan fingerprint density at radius 3 is 2.25 bits per heavy atom. The quantitative estimate of drug-likeness (QED) is 0.446. The van der Waals surface area contributed by atoms with Gasteiger partial charge in [-0.2, -0.15) is 0 Å². The average molecular weight is 108 g/mol.